The van der Waals surface area contributed by atoms with E-state index in [-0.39, 0.29) is 6.10 Å². The molecule has 1 aliphatic carbocycles. The van der Waals surface area contributed by atoms with E-state index in [1.165, 1.54) is 0 Å². The highest BCUT2D eigenvalue weighted by atomic mass is 35.5. The quantitative estimate of drug-likeness (QED) is 0.481. The van der Waals surface area contributed by atoms with Crippen LogP contribution in [-0.4, -0.2) is 17.8 Å². The fourth-order valence-corrected chi connectivity index (χ4v) is 0.858. The highest BCUT2D eigenvalue weighted by Gasteiger charge is 2.22. The highest BCUT2D eigenvalue weighted by Crippen LogP contribution is 2.22. The van der Waals surface area contributed by atoms with E-state index in [2.05, 4.69) is 4.74 Å². The van der Waals surface area contributed by atoms with Crippen LogP contribution in [-0.2, 0) is 9.47 Å². The molecule has 0 saturated heterocycles. The summed E-state index contributed by atoms with van der Waals surface area (Å²) in [6.45, 7) is 1.57. The molecule has 1 rings (SSSR count). The molecule has 0 bridgehead atoms. The number of halogens is 1. The Morgan fingerprint density at radius 1 is 1.64 bits per heavy atom. The van der Waals surface area contributed by atoms with Crippen LogP contribution in [0.3, 0.4) is 0 Å². The van der Waals surface area contributed by atoms with E-state index in [1.807, 2.05) is 0 Å². The molecular weight excluding hydrogens is 168 g/mol. The summed E-state index contributed by atoms with van der Waals surface area (Å²) in [6, 6.07) is 0. The van der Waals surface area contributed by atoms with Crippen molar-refractivity contribution in [3.05, 3.63) is 0 Å². The van der Waals surface area contributed by atoms with E-state index in [0.717, 1.165) is 19.3 Å². The third kappa shape index (κ3) is 2.97. The average molecular weight is 179 g/mol. The Labute approximate surface area is 70.6 Å². The van der Waals surface area contributed by atoms with Crippen LogP contribution in [0.25, 0.3) is 0 Å². The van der Waals surface area contributed by atoms with Crippen LogP contribution in [0.4, 0.5) is 4.79 Å². The first-order chi connectivity index (χ1) is 5.18. The van der Waals surface area contributed by atoms with Crippen molar-refractivity contribution in [2.45, 2.75) is 37.9 Å². The van der Waals surface area contributed by atoms with Crippen LogP contribution in [0.15, 0.2) is 0 Å². The molecule has 0 radical (unpaired) electrons. The van der Waals surface area contributed by atoms with Gasteiger partial charge < -0.3 is 9.47 Å². The van der Waals surface area contributed by atoms with Crippen LogP contribution in [0.2, 0.25) is 0 Å². The van der Waals surface area contributed by atoms with Gasteiger partial charge in [0.1, 0.15) is 6.10 Å². The van der Waals surface area contributed by atoms with Crippen LogP contribution in [0, 0.1) is 0 Å². The van der Waals surface area contributed by atoms with Crippen molar-refractivity contribution < 1.29 is 14.3 Å². The molecule has 0 aromatic carbocycles. The number of carbonyl (C=O) groups excluding carboxylic acids is 1. The molecule has 0 aliphatic heterocycles. The van der Waals surface area contributed by atoms with Crippen LogP contribution in [0.5, 0.6) is 0 Å². The standard InChI is InChI=1S/C7H11ClO3/c1-5(8)10-7(9)11-6-3-2-4-6/h5-6H,2-4H2,1H3. The summed E-state index contributed by atoms with van der Waals surface area (Å²) in [6.07, 6.45) is 2.45. The largest absolute Gasteiger partial charge is 0.510 e. The van der Waals surface area contributed by atoms with Gasteiger partial charge in [-0.25, -0.2) is 4.79 Å². The van der Waals surface area contributed by atoms with Gasteiger partial charge in [0.2, 0.25) is 0 Å². The number of alkyl halides is 1. The van der Waals surface area contributed by atoms with Gasteiger partial charge in [-0.05, 0) is 26.2 Å². The lowest BCUT2D eigenvalue weighted by Gasteiger charge is -2.24. The van der Waals surface area contributed by atoms with Gasteiger partial charge in [0.05, 0.1) is 0 Å². The summed E-state index contributed by atoms with van der Waals surface area (Å²) < 4.78 is 9.41. The van der Waals surface area contributed by atoms with Gasteiger partial charge in [0.15, 0.2) is 5.56 Å². The third-order valence-corrected chi connectivity index (χ3v) is 1.66. The molecule has 1 aliphatic rings. The summed E-state index contributed by atoms with van der Waals surface area (Å²) in [4.78, 5) is 10.7. The minimum absolute atomic E-state index is 0.0675. The van der Waals surface area contributed by atoms with E-state index in [1.54, 1.807) is 6.92 Å². The summed E-state index contributed by atoms with van der Waals surface area (Å²) in [7, 11) is 0. The minimum Gasteiger partial charge on any atom is -0.431 e. The Bertz CT molecular complexity index is 143. The van der Waals surface area contributed by atoms with Gasteiger partial charge in [-0.1, -0.05) is 11.6 Å². The van der Waals surface area contributed by atoms with Crippen molar-refractivity contribution >= 4 is 17.8 Å². The second kappa shape index (κ2) is 3.81. The number of hydrogen-bond acceptors (Lipinski definition) is 3. The molecule has 0 spiro atoms. The summed E-state index contributed by atoms with van der Waals surface area (Å²) in [5.41, 5.74) is -0.609. The molecule has 1 fully saturated rings. The van der Waals surface area contributed by atoms with Gasteiger partial charge in [-0.2, -0.15) is 0 Å². The first-order valence-corrected chi connectivity index (χ1v) is 4.13. The van der Waals surface area contributed by atoms with Crippen LogP contribution < -0.4 is 0 Å². The van der Waals surface area contributed by atoms with Gasteiger partial charge in [0, 0.05) is 0 Å². The molecule has 3 nitrogen and oxygen atoms in total. The lowest BCUT2D eigenvalue weighted by Crippen LogP contribution is -2.26. The lowest BCUT2D eigenvalue weighted by atomic mass is 9.96. The van der Waals surface area contributed by atoms with Gasteiger partial charge in [-0.15, -0.1) is 0 Å². The topological polar surface area (TPSA) is 35.5 Å². The van der Waals surface area contributed by atoms with Crippen LogP contribution in [0.1, 0.15) is 26.2 Å². The maximum absolute atomic E-state index is 10.7. The predicted molar refractivity (Wildman–Crippen MR) is 40.5 cm³/mol. The van der Waals surface area contributed by atoms with Crippen LogP contribution >= 0.6 is 11.6 Å². The predicted octanol–water partition coefficient (Wildman–Crippen LogP) is 2.28. The molecule has 0 amide bonds. The van der Waals surface area contributed by atoms with E-state index in [0.29, 0.717) is 0 Å². The smallest absolute Gasteiger partial charge is 0.431 e. The summed E-state index contributed by atoms with van der Waals surface area (Å²) >= 11 is 5.39. The lowest BCUT2D eigenvalue weighted by molar-refractivity contribution is -0.00728. The number of ether oxygens (including phenoxy) is 2. The van der Waals surface area contributed by atoms with Gasteiger partial charge >= 0.3 is 6.16 Å². The van der Waals surface area contributed by atoms with Crippen molar-refractivity contribution in [3.63, 3.8) is 0 Å². The number of rotatable bonds is 2. The van der Waals surface area contributed by atoms with Crippen molar-refractivity contribution in [2.75, 3.05) is 0 Å². The molecule has 1 atom stereocenters. The van der Waals surface area contributed by atoms with Crippen molar-refractivity contribution in [3.8, 4) is 0 Å². The van der Waals surface area contributed by atoms with E-state index in [4.69, 9.17) is 16.3 Å². The zero-order valence-electron chi connectivity index (χ0n) is 6.38. The Hall–Kier alpha value is -0.440. The molecule has 1 unspecified atom stereocenters. The van der Waals surface area contributed by atoms with Gasteiger partial charge in [-0.3, -0.25) is 0 Å². The molecule has 64 valence electrons. The van der Waals surface area contributed by atoms with Crippen molar-refractivity contribution in [2.24, 2.45) is 0 Å². The first kappa shape index (κ1) is 8.65. The normalized spacial score (nSPS) is 20.2. The molecule has 1 saturated carbocycles. The highest BCUT2D eigenvalue weighted by molar-refractivity contribution is 6.19. The second-order valence-corrected chi connectivity index (χ2v) is 3.20. The molecule has 0 N–H and O–H groups in total. The molecule has 0 aromatic heterocycles. The SMILES string of the molecule is CC(Cl)OC(=O)OC1CCC1. The fraction of sp³-hybridized carbons (Fsp3) is 0.857. The fourth-order valence-electron chi connectivity index (χ4n) is 0.785. The molecule has 0 aromatic rings. The van der Waals surface area contributed by atoms with E-state index in [9.17, 15) is 4.79 Å². The number of carbonyl (C=O) groups is 1. The average Bonchev–Trinajstić information content (AvgIpc) is 1.77. The molecule has 4 heteroatoms. The summed E-state index contributed by atoms with van der Waals surface area (Å²) in [5.74, 6) is 0. The summed E-state index contributed by atoms with van der Waals surface area (Å²) in [5, 5.41) is 0. The van der Waals surface area contributed by atoms with E-state index < -0.39 is 11.7 Å². The maximum atomic E-state index is 10.7. The molecule has 0 heterocycles. The minimum atomic E-state index is -0.655. The zero-order chi connectivity index (χ0) is 8.27. The third-order valence-electron chi connectivity index (χ3n) is 1.57. The molecule has 11 heavy (non-hydrogen) atoms. The Kier molecular flexibility index (Phi) is 3.00. The second-order valence-electron chi connectivity index (χ2n) is 2.58. The maximum Gasteiger partial charge on any atom is 0.510 e. The van der Waals surface area contributed by atoms with Crippen molar-refractivity contribution in [1.29, 1.82) is 0 Å². The number of hydrogen-bond donors (Lipinski definition) is 0. The Balaban J connectivity index is 2.09. The zero-order valence-corrected chi connectivity index (χ0v) is 7.13. The Morgan fingerprint density at radius 3 is 2.64 bits per heavy atom. The van der Waals surface area contributed by atoms with Gasteiger partial charge in [0.25, 0.3) is 0 Å². The van der Waals surface area contributed by atoms with Crippen molar-refractivity contribution in [1.82, 2.24) is 0 Å². The molecular formula is C7H11ClO3. The Morgan fingerprint density at radius 2 is 2.27 bits per heavy atom. The monoisotopic (exact) mass is 178 g/mol. The first-order valence-electron chi connectivity index (χ1n) is 3.70. The van der Waals surface area contributed by atoms with E-state index >= 15 is 0 Å².